The van der Waals surface area contributed by atoms with Crippen LogP contribution in [0.15, 0.2) is 29.4 Å². The first-order valence-corrected chi connectivity index (χ1v) is 7.99. The SMILES string of the molecule is CCOc1ccc(/C=N\NC(=O)c2[nH+]c(Cl)c(Cl)c(N)c2Cl)cc1. The first-order chi connectivity index (χ1) is 11.4. The van der Waals surface area contributed by atoms with E-state index >= 15 is 0 Å². The molecule has 0 saturated heterocycles. The minimum Gasteiger partial charge on any atom is -0.494 e. The molecule has 0 aliphatic carbocycles. The van der Waals surface area contributed by atoms with E-state index in [1.807, 2.05) is 6.92 Å². The number of aromatic amines is 1. The summed E-state index contributed by atoms with van der Waals surface area (Å²) >= 11 is 17.7. The van der Waals surface area contributed by atoms with Crippen LogP contribution in [0.5, 0.6) is 5.75 Å². The number of anilines is 1. The lowest BCUT2D eigenvalue weighted by molar-refractivity contribution is -0.379. The number of pyridine rings is 1. The molecule has 1 aromatic carbocycles. The Morgan fingerprint density at radius 1 is 1.29 bits per heavy atom. The monoisotopic (exact) mass is 387 g/mol. The number of hydrazone groups is 1. The second kappa shape index (κ2) is 8.19. The van der Waals surface area contributed by atoms with Gasteiger partial charge in [-0.25, -0.2) is 5.43 Å². The largest absolute Gasteiger partial charge is 0.494 e. The molecule has 0 radical (unpaired) electrons. The van der Waals surface area contributed by atoms with Gasteiger partial charge in [0, 0.05) is 0 Å². The molecule has 0 spiro atoms. The maximum atomic E-state index is 12.1. The summed E-state index contributed by atoms with van der Waals surface area (Å²) in [6, 6.07) is 7.21. The fraction of sp³-hybridized carbons (Fsp3) is 0.133. The van der Waals surface area contributed by atoms with E-state index < -0.39 is 5.91 Å². The van der Waals surface area contributed by atoms with Crippen LogP contribution in [0, 0.1) is 0 Å². The van der Waals surface area contributed by atoms with Gasteiger partial charge in [0.25, 0.3) is 10.8 Å². The van der Waals surface area contributed by atoms with Crippen molar-refractivity contribution in [1.29, 1.82) is 0 Å². The van der Waals surface area contributed by atoms with E-state index in [0.29, 0.717) is 6.61 Å². The van der Waals surface area contributed by atoms with Crippen LogP contribution in [-0.2, 0) is 0 Å². The fourth-order valence-electron chi connectivity index (χ4n) is 1.76. The number of nitrogens with one attached hydrogen (secondary N) is 2. The topological polar surface area (TPSA) is 90.8 Å². The number of nitrogen functional groups attached to an aromatic ring is 1. The summed E-state index contributed by atoms with van der Waals surface area (Å²) in [5, 5.41) is 3.89. The molecule has 24 heavy (non-hydrogen) atoms. The number of benzene rings is 1. The zero-order chi connectivity index (χ0) is 17.7. The number of nitrogens with two attached hydrogens (primary N) is 1. The van der Waals surface area contributed by atoms with Crippen LogP contribution < -0.4 is 20.9 Å². The van der Waals surface area contributed by atoms with Crippen LogP contribution in [-0.4, -0.2) is 18.7 Å². The molecule has 6 nitrogen and oxygen atoms in total. The number of halogens is 3. The van der Waals surface area contributed by atoms with Gasteiger partial charge in [-0.05, 0) is 48.4 Å². The van der Waals surface area contributed by atoms with Gasteiger partial charge in [0.05, 0.1) is 18.5 Å². The fourth-order valence-corrected chi connectivity index (χ4v) is 2.38. The number of carbonyl (C=O) groups is 1. The molecule has 0 atom stereocenters. The molecule has 0 bridgehead atoms. The number of amides is 1. The molecule has 2 aromatic rings. The number of H-pyrrole nitrogens is 1. The van der Waals surface area contributed by atoms with Crippen molar-refractivity contribution in [2.24, 2.45) is 5.10 Å². The Balaban J connectivity index is 2.08. The Bertz CT molecular complexity index is 779. The van der Waals surface area contributed by atoms with Crippen molar-refractivity contribution in [1.82, 2.24) is 5.43 Å². The predicted octanol–water partition coefficient (Wildman–Crippen LogP) is 3.21. The number of hydrogen-bond donors (Lipinski definition) is 2. The summed E-state index contributed by atoms with van der Waals surface area (Å²) in [7, 11) is 0. The smallest absolute Gasteiger partial charge is 0.337 e. The molecule has 0 aliphatic rings. The molecule has 4 N–H and O–H groups in total. The van der Waals surface area contributed by atoms with E-state index in [2.05, 4.69) is 15.5 Å². The average molecular weight is 389 g/mol. The third kappa shape index (κ3) is 4.29. The third-order valence-corrected chi connectivity index (χ3v) is 4.08. The van der Waals surface area contributed by atoms with E-state index in [4.69, 9.17) is 45.3 Å². The van der Waals surface area contributed by atoms with E-state index in [1.54, 1.807) is 24.3 Å². The third-order valence-electron chi connectivity index (χ3n) is 2.92. The molecule has 0 fully saturated rings. The first kappa shape index (κ1) is 18.3. The summed E-state index contributed by atoms with van der Waals surface area (Å²) < 4.78 is 5.34. The van der Waals surface area contributed by atoms with E-state index in [9.17, 15) is 4.79 Å². The van der Waals surface area contributed by atoms with Crippen LogP contribution in [0.2, 0.25) is 15.2 Å². The van der Waals surface area contributed by atoms with Gasteiger partial charge in [-0.3, -0.25) is 4.79 Å². The predicted molar refractivity (Wildman–Crippen MR) is 95.1 cm³/mol. The molecule has 2 rings (SSSR count). The highest BCUT2D eigenvalue weighted by Gasteiger charge is 2.25. The summed E-state index contributed by atoms with van der Waals surface area (Å²) in [5.41, 5.74) is 8.77. The van der Waals surface area contributed by atoms with Gasteiger partial charge in [-0.15, -0.1) is 0 Å². The van der Waals surface area contributed by atoms with Crippen molar-refractivity contribution in [3.8, 4) is 5.75 Å². The molecule has 0 aliphatic heterocycles. The second-order valence-corrected chi connectivity index (χ2v) is 5.69. The lowest BCUT2D eigenvalue weighted by Gasteiger charge is -2.03. The Kier molecular flexibility index (Phi) is 6.25. The van der Waals surface area contributed by atoms with E-state index in [-0.39, 0.29) is 26.6 Å². The van der Waals surface area contributed by atoms with Gasteiger partial charge >= 0.3 is 5.91 Å². The zero-order valence-electron chi connectivity index (χ0n) is 12.6. The van der Waals surface area contributed by atoms with Gasteiger partial charge in [0.15, 0.2) is 0 Å². The van der Waals surface area contributed by atoms with Gasteiger partial charge in [-0.2, -0.15) is 10.1 Å². The maximum absolute atomic E-state index is 12.1. The van der Waals surface area contributed by atoms with Crippen molar-refractivity contribution < 1.29 is 14.5 Å². The molecular weight excluding hydrogens is 375 g/mol. The number of nitrogens with zero attached hydrogens (tertiary/aromatic N) is 1. The van der Waals surface area contributed by atoms with Gasteiger partial charge in [-0.1, -0.05) is 23.2 Å². The van der Waals surface area contributed by atoms with Crippen LogP contribution in [0.1, 0.15) is 23.0 Å². The second-order valence-electron chi connectivity index (χ2n) is 4.56. The lowest BCUT2D eigenvalue weighted by Crippen LogP contribution is -2.28. The Morgan fingerprint density at radius 2 is 1.96 bits per heavy atom. The first-order valence-electron chi connectivity index (χ1n) is 6.85. The van der Waals surface area contributed by atoms with E-state index in [1.165, 1.54) is 6.21 Å². The average Bonchev–Trinajstić information content (AvgIpc) is 2.58. The minimum absolute atomic E-state index is 0.0132. The molecule has 1 amide bonds. The quantitative estimate of drug-likeness (QED) is 0.468. The zero-order valence-corrected chi connectivity index (χ0v) is 14.8. The highest BCUT2D eigenvalue weighted by atomic mass is 35.5. The summed E-state index contributed by atoms with van der Waals surface area (Å²) in [4.78, 5) is 14.7. The van der Waals surface area contributed by atoms with Crippen molar-refractivity contribution in [3.63, 3.8) is 0 Å². The minimum atomic E-state index is -0.604. The number of rotatable bonds is 5. The Labute approximate surface area is 153 Å². The lowest BCUT2D eigenvalue weighted by atomic mass is 10.2. The Morgan fingerprint density at radius 3 is 2.58 bits per heavy atom. The summed E-state index contributed by atoms with van der Waals surface area (Å²) in [6.45, 7) is 2.50. The number of hydrogen-bond acceptors (Lipinski definition) is 4. The van der Waals surface area contributed by atoms with Crippen LogP contribution in [0.3, 0.4) is 0 Å². The Hall–Kier alpha value is -2.02. The van der Waals surface area contributed by atoms with Crippen molar-refractivity contribution in [2.75, 3.05) is 12.3 Å². The molecule has 126 valence electrons. The van der Waals surface area contributed by atoms with Crippen molar-refractivity contribution in [2.45, 2.75) is 6.92 Å². The standard InChI is InChI=1S/C15H13Cl3N4O2/c1-2-24-9-5-3-8(4-6-9)7-20-22-15(23)13-10(16)12(19)11(17)14(18)21-13/h3-7H,2H2,1H3,(H2,19,21)(H,22,23)/p+1/b20-7-. The molecule has 1 aromatic heterocycles. The van der Waals surface area contributed by atoms with Crippen LogP contribution >= 0.6 is 34.8 Å². The van der Waals surface area contributed by atoms with Gasteiger partial charge in [0.2, 0.25) is 0 Å². The summed E-state index contributed by atoms with van der Waals surface area (Å²) in [5.74, 6) is 0.152. The normalized spacial score (nSPS) is 10.8. The maximum Gasteiger partial charge on any atom is 0.337 e. The number of aromatic nitrogens is 1. The molecule has 0 saturated carbocycles. The van der Waals surface area contributed by atoms with Gasteiger partial charge < -0.3 is 10.5 Å². The van der Waals surface area contributed by atoms with Gasteiger partial charge in [0.1, 0.15) is 15.8 Å². The van der Waals surface area contributed by atoms with Crippen LogP contribution in [0.4, 0.5) is 5.69 Å². The highest BCUT2D eigenvalue weighted by Crippen LogP contribution is 2.31. The molecule has 0 unspecified atom stereocenters. The van der Waals surface area contributed by atoms with Crippen molar-refractivity contribution in [3.05, 3.63) is 50.7 Å². The molecule has 1 heterocycles. The molecular formula is C15H14Cl3N4O2+. The number of ether oxygens (including phenoxy) is 1. The summed E-state index contributed by atoms with van der Waals surface area (Å²) in [6.07, 6.45) is 1.47. The molecule has 9 heteroatoms. The highest BCUT2D eigenvalue weighted by molar-refractivity contribution is 6.45. The van der Waals surface area contributed by atoms with Crippen LogP contribution in [0.25, 0.3) is 0 Å². The number of carbonyl (C=O) groups excluding carboxylic acids is 1. The van der Waals surface area contributed by atoms with E-state index in [0.717, 1.165) is 11.3 Å². The van der Waals surface area contributed by atoms with Crippen molar-refractivity contribution >= 4 is 52.6 Å².